The third-order valence-corrected chi connectivity index (χ3v) is 3.81. The van der Waals surface area contributed by atoms with E-state index in [9.17, 15) is 4.79 Å². The number of halogens is 1. The summed E-state index contributed by atoms with van der Waals surface area (Å²) in [6.07, 6.45) is 0.679. The van der Waals surface area contributed by atoms with E-state index < -0.39 is 5.97 Å². The van der Waals surface area contributed by atoms with Crippen LogP contribution in [0.15, 0.2) is 46.9 Å². The summed E-state index contributed by atoms with van der Waals surface area (Å²) in [5.41, 5.74) is 8.46. The van der Waals surface area contributed by atoms with Gasteiger partial charge in [0, 0.05) is 13.0 Å². The number of oxazole rings is 1. The third-order valence-electron chi connectivity index (χ3n) is 3.81. The zero-order valence-electron chi connectivity index (χ0n) is 14.6. The van der Waals surface area contributed by atoms with Crippen LogP contribution in [0.2, 0.25) is 0 Å². The van der Waals surface area contributed by atoms with Crippen molar-refractivity contribution >= 4 is 29.5 Å². The average molecular weight is 377 g/mol. The first-order valence-electron chi connectivity index (χ1n) is 7.99. The molecule has 2 N–H and O–H groups in total. The Kier molecular flexibility index (Phi) is 6.60. The number of hydrogen-bond acceptors (Lipinski definition) is 6. The third kappa shape index (κ3) is 4.33. The van der Waals surface area contributed by atoms with Crippen LogP contribution in [0.25, 0.3) is 11.1 Å². The van der Waals surface area contributed by atoms with Gasteiger partial charge in [0.2, 0.25) is 0 Å². The van der Waals surface area contributed by atoms with E-state index in [0.29, 0.717) is 29.2 Å². The summed E-state index contributed by atoms with van der Waals surface area (Å²) >= 11 is 0. The molecule has 0 aliphatic carbocycles. The molecule has 138 valence electrons. The minimum atomic E-state index is -0.534. The molecule has 6 nitrogen and oxygen atoms in total. The van der Waals surface area contributed by atoms with Crippen molar-refractivity contribution in [1.82, 2.24) is 4.98 Å². The van der Waals surface area contributed by atoms with E-state index in [2.05, 4.69) is 4.98 Å². The van der Waals surface area contributed by atoms with Crippen molar-refractivity contribution < 1.29 is 18.7 Å². The van der Waals surface area contributed by atoms with Crippen LogP contribution in [0.4, 0.5) is 0 Å². The first-order chi connectivity index (χ1) is 12.1. The second kappa shape index (κ2) is 8.69. The summed E-state index contributed by atoms with van der Waals surface area (Å²) in [5, 5.41) is 0. The van der Waals surface area contributed by atoms with Crippen molar-refractivity contribution in [2.45, 2.75) is 19.4 Å². The fourth-order valence-corrected chi connectivity index (χ4v) is 2.67. The highest BCUT2D eigenvalue weighted by atomic mass is 35.5. The van der Waals surface area contributed by atoms with Crippen LogP contribution in [-0.2, 0) is 11.2 Å². The fraction of sp³-hybridized carbons (Fsp3) is 0.263. The number of carbonyl (C=O) groups is 1. The van der Waals surface area contributed by atoms with Crippen LogP contribution >= 0.6 is 12.4 Å². The van der Waals surface area contributed by atoms with Gasteiger partial charge in [-0.15, -0.1) is 12.4 Å². The Morgan fingerprint density at radius 2 is 1.96 bits per heavy atom. The molecular weight excluding hydrogens is 356 g/mol. The number of carbonyl (C=O) groups excluding carboxylic acids is 1. The lowest BCUT2D eigenvalue weighted by Gasteiger charge is -2.15. The second-order valence-electron chi connectivity index (χ2n) is 5.77. The second-order valence-corrected chi connectivity index (χ2v) is 5.77. The standard InChI is InChI=1S/C19H20N2O4.ClH/c1-12-21-15-8-9-16(17(18(15)25-12)19(22)23-2)24-11-14(20)10-13-6-4-3-5-7-13;/h3-9,14H,10-11,20H2,1-2H3;1H. The number of aryl methyl sites for hydroxylation is 1. The van der Waals surface area contributed by atoms with Gasteiger partial charge in [-0.2, -0.15) is 0 Å². The van der Waals surface area contributed by atoms with Crippen molar-refractivity contribution in [3.63, 3.8) is 0 Å². The molecule has 1 aromatic heterocycles. The first-order valence-corrected chi connectivity index (χ1v) is 7.99. The predicted molar refractivity (Wildman–Crippen MR) is 101 cm³/mol. The van der Waals surface area contributed by atoms with E-state index in [1.54, 1.807) is 19.1 Å². The molecule has 0 amide bonds. The van der Waals surface area contributed by atoms with Crippen LogP contribution in [0.1, 0.15) is 21.8 Å². The van der Waals surface area contributed by atoms with Crippen LogP contribution in [0, 0.1) is 6.92 Å². The molecular formula is C19H21ClN2O4. The predicted octanol–water partition coefficient (Wildman–Crippen LogP) is 3.29. The van der Waals surface area contributed by atoms with Crippen LogP contribution in [-0.4, -0.2) is 30.7 Å². The molecule has 0 saturated carbocycles. The van der Waals surface area contributed by atoms with Gasteiger partial charge in [0.25, 0.3) is 0 Å². The van der Waals surface area contributed by atoms with Crippen molar-refractivity contribution in [2.24, 2.45) is 5.73 Å². The molecule has 7 heteroatoms. The molecule has 3 rings (SSSR count). The highest BCUT2D eigenvalue weighted by molar-refractivity contribution is 6.03. The van der Waals surface area contributed by atoms with Crippen LogP contribution in [0.3, 0.4) is 0 Å². The molecule has 3 aromatic rings. The molecule has 0 spiro atoms. The Bertz CT molecular complexity index is 880. The Labute approximate surface area is 157 Å². The maximum absolute atomic E-state index is 12.2. The number of aromatic nitrogens is 1. The van der Waals surface area contributed by atoms with Crippen molar-refractivity contribution in [3.05, 3.63) is 59.5 Å². The Hall–Kier alpha value is -2.57. The number of benzene rings is 2. The molecule has 0 saturated heterocycles. The zero-order valence-corrected chi connectivity index (χ0v) is 15.4. The number of hydrogen-bond donors (Lipinski definition) is 1. The van der Waals surface area contributed by atoms with Gasteiger partial charge in [-0.25, -0.2) is 9.78 Å². The maximum atomic E-state index is 12.2. The van der Waals surface area contributed by atoms with Gasteiger partial charge in [0.05, 0.1) is 7.11 Å². The van der Waals surface area contributed by atoms with E-state index in [1.165, 1.54) is 7.11 Å². The first kappa shape index (κ1) is 19.8. The lowest BCUT2D eigenvalue weighted by molar-refractivity contribution is 0.0596. The summed E-state index contributed by atoms with van der Waals surface area (Å²) in [4.78, 5) is 16.4. The summed E-state index contributed by atoms with van der Waals surface area (Å²) < 4.78 is 16.2. The van der Waals surface area contributed by atoms with Crippen LogP contribution in [0.5, 0.6) is 5.75 Å². The molecule has 0 bridgehead atoms. The maximum Gasteiger partial charge on any atom is 0.345 e. The molecule has 0 aliphatic rings. The SMILES string of the molecule is COC(=O)c1c(OCC(N)Cc2ccccc2)ccc2nc(C)oc12.Cl. The summed E-state index contributed by atoms with van der Waals surface area (Å²) in [6.45, 7) is 1.98. The van der Waals surface area contributed by atoms with Gasteiger partial charge in [-0.05, 0) is 24.1 Å². The number of methoxy groups -OCH3 is 1. The van der Waals surface area contributed by atoms with Gasteiger partial charge in [-0.1, -0.05) is 30.3 Å². The Balaban J connectivity index is 0.00000243. The highest BCUT2D eigenvalue weighted by Gasteiger charge is 2.22. The molecule has 0 fully saturated rings. The van der Waals surface area contributed by atoms with Crippen molar-refractivity contribution in [1.29, 1.82) is 0 Å². The van der Waals surface area contributed by atoms with Crippen molar-refractivity contribution in [3.8, 4) is 5.75 Å². The minimum absolute atomic E-state index is 0. The zero-order chi connectivity index (χ0) is 17.8. The smallest absolute Gasteiger partial charge is 0.345 e. The minimum Gasteiger partial charge on any atom is -0.491 e. The molecule has 0 aliphatic heterocycles. The number of fused-ring (bicyclic) bond motifs is 1. The molecule has 1 unspecified atom stereocenters. The van der Waals surface area contributed by atoms with Gasteiger partial charge in [0.1, 0.15) is 23.4 Å². The lowest BCUT2D eigenvalue weighted by atomic mass is 10.1. The number of esters is 1. The molecule has 26 heavy (non-hydrogen) atoms. The highest BCUT2D eigenvalue weighted by Crippen LogP contribution is 2.29. The van der Waals surface area contributed by atoms with E-state index >= 15 is 0 Å². The largest absolute Gasteiger partial charge is 0.491 e. The van der Waals surface area contributed by atoms with Crippen molar-refractivity contribution in [2.75, 3.05) is 13.7 Å². The number of nitrogens with two attached hydrogens (primary N) is 1. The number of ether oxygens (including phenoxy) is 2. The van der Waals surface area contributed by atoms with Gasteiger partial charge < -0.3 is 19.6 Å². The fourth-order valence-electron chi connectivity index (χ4n) is 2.67. The summed E-state index contributed by atoms with van der Waals surface area (Å²) in [7, 11) is 1.31. The monoisotopic (exact) mass is 376 g/mol. The van der Waals surface area contributed by atoms with Gasteiger partial charge in [-0.3, -0.25) is 0 Å². The number of nitrogens with zero attached hydrogens (tertiary/aromatic N) is 1. The van der Waals surface area contributed by atoms with E-state index in [1.807, 2.05) is 30.3 Å². The lowest BCUT2D eigenvalue weighted by Crippen LogP contribution is -2.30. The summed E-state index contributed by atoms with van der Waals surface area (Å²) in [5.74, 6) is 0.311. The number of rotatable bonds is 6. The normalized spacial score (nSPS) is 11.7. The summed E-state index contributed by atoms with van der Waals surface area (Å²) in [6, 6.07) is 13.2. The molecule has 0 radical (unpaired) electrons. The van der Waals surface area contributed by atoms with Gasteiger partial charge >= 0.3 is 5.97 Å². The average Bonchev–Trinajstić information content (AvgIpc) is 2.99. The quantitative estimate of drug-likeness (QED) is 0.664. The van der Waals surface area contributed by atoms with Gasteiger partial charge in [0.15, 0.2) is 11.5 Å². The van der Waals surface area contributed by atoms with Crippen LogP contribution < -0.4 is 10.5 Å². The molecule has 1 heterocycles. The Morgan fingerprint density at radius 3 is 2.65 bits per heavy atom. The van der Waals surface area contributed by atoms with E-state index in [4.69, 9.17) is 19.6 Å². The topological polar surface area (TPSA) is 87.6 Å². The van der Waals surface area contributed by atoms with E-state index in [0.717, 1.165) is 5.56 Å². The molecule has 2 aromatic carbocycles. The van der Waals surface area contributed by atoms with E-state index in [-0.39, 0.29) is 30.6 Å². The Morgan fingerprint density at radius 1 is 1.23 bits per heavy atom. The molecule has 1 atom stereocenters.